The Hall–Kier alpha value is -1.74. The maximum atomic E-state index is 13.2. The summed E-state index contributed by atoms with van der Waals surface area (Å²) in [5.74, 6) is -0.273. The van der Waals surface area contributed by atoms with Crippen LogP contribution in [0.3, 0.4) is 0 Å². The van der Waals surface area contributed by atoms with Crippen LogP contribution in [0.2, 0.25) is 0 Å². The second-order valence-electron chi connectivity index (χ2n) is 3.74. The van der Waals surface area contributed by atoms with E-state index in [2.05, 4.69) is 4.98 Å². The van der Waals surface area contributed by atoms with Crippen molar-refractivity contribution in [3.05, 3.63) is 54.0 Å². The lowest BCUT2D eigenvalue weighted by molar-refractivity contribution is 0.626. The molecule has 0 fully saturated rings. The number of pyridine rings is 1. The smallest absolute Gasteiger partial charge is 0.123 e. The molecule has 1 aromatic carbocycles. The van der Waals surface area contributed by atoms with E-state index in [0.717, 1.165) is 16.8 Å². The zero-order chi connectivity index (χ0) is 11.5. The van der Waals surface area contributed by atoms with Crippen LogP contribution < -0.4 is 5.73 Å². The monoisotopic (exact) mass is 216 g/mol. The first-order valence-corrected chi connectivity index (χ1v) is 5.15. The summed E-state index contributed by atoms with van der Waals surface area (Å²) < 4.78 is 13.2. The van der Waals surface area contributed by atoms with E-state index in [4.69, 9.17) is 5.73 Å². The van der Waals surface area contributed by atoms with Crippen molar-refractivity contribution < 1.29 is 4.39 Å². The third-order valence-corrected chi connectivity index (χ3v) is 2.45. The normalized spacial score (nSPS) is 12.4. The quantitative estimate of drug-likeness (QED) is 0.838. The maximum absolute atomic E-state index is 13.2. The summed E-state index contributed by atoms with van der Waals surface area (Å²) in [5.41, 5.74) is 8.26. The van der Waals surface area contributed by atoms with Gasteiger partial charge >= 0.3 is 0 Å². The van der Waals surface area contributed by atoms with E-state index < -0.39 is 0 Å². The Labute approximate surface area is 93.9 Å². The summed E-state index contributed by atoms with van der Waals surface area (Å²) in [7, 11) is 0. The number of nitrogens with zero attached hydrogens (tertiary/aromatic N) is 1. The van der Waals surface area contributed by atoms with Crippen molar-refractivity contribution in [3.8, 4) is 11.3 Å². The third-order valence-electron chi connectivity index (χ3n) is 2.45. The Bertz CT molecular complexity index is 481. The largest absolute Gasteiger partial charge is 0.324 e. The van der Waals surface area contributed by atoms with E-state index in [0.29, 0.717) is 0 Å². The molecule has 0 aliphatic rings. The molecule has 0 aliphatic heterocycles. The average molecular weight is 216 g/mol. The zero-order valence-corrected chi connectivity index (χ0v) is 9.02. The number of nitrogens with two attached hydrogens (primary N) is 1. The number of hydrogen-bond donors (Lipinski definition) is 1. The summed E-state index contributed by atoms with van der Waals surface area (Å²) in [5, 5.41) is 0. The number of rotatable bonds is 2. The van der Waals surface area contributed by atoms with Gasteiger partial charge in [0, 0.05) is 17.8 Å². The highest BCUT2D eigenvalue weighted by Crippen LogP contribution is 2.26. The van der Waals surface area contributed by atoms with Crippen LogP contribution in [-0.2, 0) is 0 Å². The Kier molecular flexibility index (Phi) is 2.97. The first-order chi connectivity index (χ1) is 7.68. The van der Waals surface area contributed by atoms with Gasteiger partial charge in [0.2, 0.25) is 0 Å². The summed E-state index contributed by atoms with van der Waals surface area (Å²) in [6.45, 7) is 1.87. The summed E-state index contributed by atoms with van der Waals surface area (Å²) in [6, 6.07) is 10.0. The van der Waals surface area contributed by atoms with Crippen LogP contribution in [0.4, 0.5) is 4.39 Å². The molecule has 16 heavy (non-hydrogen) atoms. The number of hydrogen-bond acceptors (Lipinski definition) is 2. The third kappa shape index (κ3) is 2.09. The number of aromatic nitrogens is 1. The highest BCUT2D eigenvalue weighted by molar-refractivity contribution is 5.64. The lowest BCUT2D eigenvalue weighted by atomic mass is 9.99. The van der Waals surface area contributed by atoms with Crippen LogP contribution in [-0.4, -0.2) is 4.98 Å². The molecule has 0 saturated heterocycles. The fourth-order valence-corrected chi connectivity index (χ4v) is 1.67. The maximum Gasteiger partial charge on any atom is 0.123 e. The van der Waals surface area contributed by atoms with Gasteiger partial charge < -0.3 is 5.73 Å². The molecular weight excluding hydrogens is 203 g/mol. The molecule has 0 bridgehead atoms. The Morgan fingerprint density at radius 2 is 2.06 bits per heavy atom. The predicted molar refractivity (Wildman–Crippen MR) is 62.2 cm³/mol. The van der Waals surface area contributed by atoms with Crippen LogP contribution in [0.5, 0.6) is 0 Å². The zero-order valence-electron chi connectivity index (χ0n) is 9.02. The molecule has 2 nitrogen and oxygen atoms in total. The fraction of sp³-hybridized carbons (Fsp3) is 0.154. The molecule has 0 saturated carbocycles. The molecule has 1 heterocycles. The van der Waals surface area contributed by atoms with E-state index in [-0.39, 0.29) is 11.9 Å². The molecule has 82 valence electrons. The molecule has 1 unspecified atom stereocenters. The second kappa shape index (κ2) is 4.41. The molecular formula is C13H13FN2. The van der Waals surface area contributed by atoms with E-state index in [1.165, 1.54) is 12.1 Å². The standard InChI is InChI=1S/C13H13FN2/c1-9(15)11-6-5-10(14)8-12(11)13-4-2-3-7-16-13/h2-9H,15H2,1H3. The molecule has 1 aromatic heterocycles. The van der Waals surface area contributed by atoms with Crippen LogP contribution in [0.15, 0.2) is 42.6 Å². The van der Waals surface area contributed by atoms with Crippen molar-refractivity contribution in [1.29, 1.82) is 0 Å². The molecule has 3 heteroatoms. The molecule has 0 aliphatic carbocycles. The highest BCUT2D eigenvalue weighted by Gasteiger charge is 2.10. The fourth-order valence-electron chi connectivity index (χ4n) is 1.67. The van der Waals surface area contributed by atoms with Gasteiger partial charge in [-0.2, -0.15) is 0 Å². The van der Waals surface area contributed by atoms with E-state index in [9.17, 15) is 4.39 Å². The van der Waals surface area contributed by atoms with Crippen LogP contribution in [0, 0.1) is 5.82 Å². The van der Waals surface area contributed by atoms with Crippen molar-refractivity contribution in [2.24, 2.45) is 5.73 Å². The lowest BCUT2D eigenvalue weighted by Gasteiger charge is -2.12. The van der Waals surface area contributed by atoms with Gasteiger partial charge in [-0.25, -0.2) is 4.39 Å². The SMILES string of the molecule is CC(N)c1ccc(F)cc1-c1ccccn1. The topological polar surface area (TPSA) is 38.9 Å². The number of benzene rings is 1. The van der Waals surface area contributed by atoms with Crippen LogP contribution >= 0.6 is 0 Å². The Balaban J connectivity index is 2.58. The van der Waals surface area contributed by atoms with Crippen LogP contribution in [0.1, 0.15) is 18.5 Å². The van der Waals surface area contributed by atoms with Crippen molar-refractivity contribution >= 4 is 0 Å². The first kappa shape index (κ1) is 10.8. The summed E-state index contributed by atoms with van der Waals surface area (Å²) >= 11 is 0. The Morgan fingerprint density at radius 1 is 1.25 bits per heavy atom. The van der Waals surface area contributed by atoms with Gasteiger partial charge in [0.15, 0.2) is 0 Å². The Morgan fingerprint density at radius 3 is 2.69 bits per heavy atom. The minimum Gasteiger partial charge on any atom is -0.324 e. The molecule has 2 N–H and O–H groups in total. The van der Waals surface area contributed by atoms with Gasteiger partial charge in [-0.15, -0.1) is 0 Å². The van der Waals surface area contributed by atoms with E-state index in [1.807, 2.05) is 25.1 Å². The molecule has 0 amide bonds. The van der Waals surface area contributed by atoms with Gasteiger partial charge in [0.25, 0.3) is 0 Å². The summed E-state index contributed by atoms with van der Waals surface area (Å²) in [4.78, 5) is 4.21. The number of halogens is 1. The molecule has 0 spiro atoms. The highest BCUT2D eigenvalue weighted by atomic mass is 19.1. The van der Waals surface area contributed by atoms with Crippen LogP contribution in [0.25, 0.3) is 11.3 Å². The average Bonchev–Trinajstić information content (AvgIpc) is 2.29. The molecule has 2 rings (SSSR count). The minimum absolute atomic E-state index is 0.141. The van der Waals surface area contributed by atoms with Gasteiger partial charge in [0.05, 0.1) is 5.69 Å². The predicted octanol–water partition coefficient (Wildman–Crippen LogP) is 2.91. The van der Waals surface area contributed by atoms with Gasteiger partial charge in [-0.1, -0.05) is 12.1 Å². The lowest BCUT2D eigenvalue weighted by Crippen LogP contribution is -2.07. The van der Waals surface area contributed by atoms with Gasteiger partial charge in [-0.3, -0.25) is 4.98 Å². The first-order valence-electron chi connectivity index (χ1n) is 5.15. The molecule has 0 radical (unpaired) electrons. The van der Waals surface area contributed by atoms with Crippen molar-refractivity contribution in [1.82, 2.24) is 4.98 Å². The molecule has 2 aromatic rings. The summed E-state index contributed by atoms with van der Waals surface area (Å²) in [6.07, 6.45) is 1.69. The van der Waals surface area contributed by atoms with Crippen molar-refractivity contribution in [2.45, 2.75) is 13.0 Å². The van der Waals surface area contributed by atoms with E-state index >= 15 is 0 Å². The van der Waals surface area contributed by atoms with Gasteiger partial charge in [-0.05, 0) is 36.8 Å². The van der Waals surface area contributed by atoms with Crippen molar-refractivity contribution in [3.63, 3.8) is 0 Å². The second-order valence-corrected chi connectivity index (χ2v) is 3.74. The minimum atomic E-state index is -0.273. The van der Waals surface area contributed by atoms with Crippen molar-refractivity contribution in [2.75, 3.05) is 0 Å². The molecule has 1 atom stereocenters. The van der Waals surface area contributed by atoms with E-state index in [1.54, 1.807) is 12.3 Å². The van der Waals surface area contributed by atoms with Gasteiger partial charge in [0.1, 0.15) is 5.82 Å².